The van der Waals surface area contributed by atoms with E-state index < -0.39 is 11.5 Å². The maximum absolute atomic E-state index is 12.7. The number of nitrogens with one attached hydrogen (secondary N) is 1. The number of allylic oxidation sites excluding steroid dienone is 3. The Balaban J connectivity index is 1.53. The van der Waals surface area contributed by atoms with Gasteiger partial charge in [-0.1, -0.05) is 17.7 Å². The van der Waals surface area contributed by atoms with Crippen LogP contribution < -0.4 is 10.1 Å². The maximum Gasteiger partial charge on any atom is 0.289 e. The monoisotopic (exact) mass is 396 g/mol. The molecule has 28 heavy (non-hydrogen) atoms. The summed E-state index contributed by atoms with van der Waals surface area (Å²) in [5, 5.41) is 3.55. The van der Waals surface area contributed by atoms with Crippen LogP contribution in [0.25, 0.3) is 0 Å². The topological polar surface area (TPSA) is 67.8 Å². The molecule has 2 aliphatic carbocycles. The van der Waals surface area contributed by atoms with Gasteiger partial charge in [-0.15, -0.1) is 0 Å². The second-order valence-corrected chi connectivity index (χ2v) is 8.09. The van der Waals surface area contributed by atoms with Gasteiger partial charge in [-0.25, -0.2) is 4.99 Å². The molecule has 1 aliphatic heterocycles. The van der Waals surface area contributed by atoms with Gasteiger partial charge in [0.1, 0.15) is 5.75 Å². The molecule has 5 nitrogen and oxygen atoms in total. The fourth-order valence-electron chi connectivity index (χ4n) is 3.75. The molecule has 0 radical (unpaired) electrons. The molecule has 0 fully saturated rings. The average Bonchev–Trinajstić information content (AvgIpc) is 3.14. The van der Waals surface area contributed by atoms with Crippen molar-refractivity contribution in [1.29, 1.82) is 0 Å². The molecule has 0 aromatic heterocycles. The van der Waals surface area contributed by atoms with Crippen molar-refractivity contribution < 1.29 is 14.3 Å². The van der Waals surface area contributed by atoms with Gasteiger partial charge < -0.3 is 10.1 Å². The molecule has 0 saturated carbocycles. The van der Waals surface area contributed by atoms with E-state index in [0.717, 1.165) is 30.5 Å². The number of carbonyl (C=O) groups is 2. The van der Waals surface area contributed by atoms with Crippen molar-refractivity contribution in [2.24, 2.45) is 10.9 Å². The second-order valence-electron chi connectivity index (χ2n) is 7.66. The van der Waals surface area contributed by atoms with Gasteiger partial charge >= 0.3 is 0 Å². The van der Waals surface area contributed by atoms with E-state index in [1.165, 1.54) is 5.57 Å². The maximum atomic E-state index is 12.7. The molecule has 1 aromatic carbocycles. The number of rotatable bonds is 3. The zero-order valence-corrected chi connectivity index (χ0v) is 16.5. The van der Waals surface area contributed by atoms with Gasteiger partial charge in [0.15, 0.2) is 5.60 Å². The lowest BCUT2D eigenvalue weighted by molar-refractivity contribution is -0.130. The number of hydrogen-bond acceptors (Lipinski definition) is 3. The molecule has 4 rings (SSSR count). The van der Waals surface area contributed by atoms with Gasteiger partial charge in [-0.2, -0.15) is 0 Å². The Morgan fingerprint density at radius 2 is 2.00 bits per heavy atom. The Morgan fingerprint density at radius 1 is 1.25 bits per heavy atom. The Morgan fingerprint density at radius 3 is 2.75 bits per heavy atom. The van der Waals surface area contributed by atoms with Crippen molar-refractivity contribution in [3.05, 3.63) is 64.4 Å². The van der Waals surface area contributed by atoms with Crippen LogP contribution in [0.2, 0.25) is 5.02 Å². The molecule has 6 heteroatoms. The highest BCUT2D eigenvalue weighted by atomic mass is 35.5. The second kappa shape index (κ2) is 7.06. The molecule has 0 spiro atoms. The van der Waals surface area contributed by atoms with Crippen LogP contribution in [0, 0.1) is 5.92 Å². The molecular weight excluding hydrogens is 376 g/mol. The largest absolute Gasteiger partial charge is 0.478 e. The molecular formula is C22H21ClN2O3. The van der Waals surface area contributed by atoms with Crippen LogP contribution in [-0.4, -0.2) is 23.1 Å². The standard InChI is InChI=1S/C22H21ClN2O3/c1-22(2,28-15-9-6-13(23)7-10-15)21(27)24-14-8-11-17-16-4-3-5-18(16)20(26)25-19(17)12-14/h6-12,17H,3-5H2,1-2H3,(H,25,26). The van der Waals surface area contributed by atoms with Crippen molar-refractivity contribution in [2.75, 3.05) is 0 Å². The molecule has 3 aliphatic rings. The number of aliphatic imine (C=N–C) groups is 1. The molecule has 0 bridgehead atoms. The zero-order chi connectivity index (χ0) is 19.9. The van der Waals surface area contributed by atoms with E-state index in [1.54, 1.807) is 44.2 Å². The minimum atomic E-state index is -1.14. The van der Waals surface area contributed by atoms with E-state index >= 15 is 0 Å². The first-order valence-corrected chi connectivity index (χ1v) is 9.72. The van der Waals surface area contributed by atoms with Gasteiger partial charge in [0.05, 0.1) is 5.71 Å². The number of benzene rings is 1. The lowest BCUT2D eigenvalue weighted by atomic mass is 9.85. The highest BCUT2D eigenvalue weighted by Gasteiger charge is 2.35. The van der Waals surface area contributed by atoms with E-state index in [0.29, 0.717) is 16.5 Å². The molecule has 0 saturated heterocycles. The number of ether oxygens (including phenoxy) is 1. The molecule has 1 N–H and O–H groups in total. The lowest BCUT2D eigenvalue weighted by Crippen LogP contribution is -2.38. The number of fused-ring (bicyclic) bond motifs is 2. The van der Waals surface area contributed by atoms with Crippen LogP contribution in [0.15, 0.2) is 64.3 Å². The summed E-state index contributed by atoms with van der Waals surface area (Å²) in [6.45, 7) is 3.35. The summed E-state index contributed by atoms with van der Waals surface area (Å²) in [6.07, 6.45) is 8.43. The minimum Gasteiger partial charge on any atom is -0.478 e. The number of carbonyl (C=O) groups excluding carboxylic acids is 2. The van der Waals surface area contributed by atoms with Crippen LogP contribution in [0.4, 0.5) is 0 Å². The fraction of sp³-hybridized carbons (Fsp3) is 0.318. The first-order chi connectivity index (χ1) is 13.3. The van der Waals surface area contributed by atoms with Gasteiger partial charge in [0, 0.05) is 22.2 Å². The van der Waals surface area contributed by atoms with Crippen molar-refractivity contribution >= 4 is 29.1 Å². The van der Waals surface area contributed by atoms with Gasteiger partial charge in [-0.05, 0) is 75.1 Å². The molecule has 1 aromatic rings. The third-order valence-corrected chi connectivity index (χ3v) is 5.45. The summed E-state index contributed by atoms with van der Waals surface area (Å²) in [4.78, 5) is 29.2. The van der Waals surface area contributed by atoms with Crippen LogP contribution in [0.5, 0.6) is 5.75 Å². The summed E-state index contributed by atoms with van der Waals surface area (Å²) >= 11 is 5.88. The normalized spacial score (nSPS) is 22.5. The summed E-state index contributed by atoms with van der Waals surface area (Å²) in [5.41, 5.74) is 2.27. The Kier molecular flexibility index (Phi) is 4.71. The predicted molar refractivity (Wildman–Crippen MR) is 108 cm³/mol. The number of halogens is 1. The Labute approximate surface area is 168 Å². The first-order valence-electron chi connectivity index (χ1n) is 9.34. The predicted octanol–water partition coefficient (Wildman–Crippen LogP) is 4.15. The first kappa shape index (κ1) is 18.7. The number of nitrogens with zero attached hydrogens (tertiary/aromatic N) is 1. The van der Waals surface area contributed by atoms with Crippen LogP contribution in [0.3, 0.4) is 0 Å². The van der Waals surface area contributed by atoms with E-state index in [2.05, 4.69) is 10.3 Å². The van der Waals surface area contributed by atoms with Crippen LogP contribution >= 0.6 is 11.6 Å². The summed E-state index contributed by atoms with van der Waals surface area (Å²) in [6, 6.07) is 6.83. The van der Waals surface area contributed by atoms with Crippen molar-refractivity contribution in [3.63, 3.8) is 0 Å². The molecule has 144 valence electrons. The van der Waals surface area contributed by atoms with Crippen molar-refractivity contribution in [1.82, 2.24) is 5.32 Å². The summed E-state index contributed by atoms with van der Waals surface area (Å²) in [5.74, 6) is 0.200. The lowest BCUT2D eigenvalue weighted by Gasteiger charge is -2.28. The van der Waals surface area contributed by atoms with Gasteiger partial charge in [-0.3, -0.25) is 9.59 Å². The molecule has 1 unspecified atom stereocenters. The quantitative estimate of drug-likeness (QED) is 0.834. The molecule has 1 atom stereocenters. The fourth-order valence-corrected chi connectivity index (χ4v) is 3.88. The third-order valence-electron chi connectivity index (χ3n) is 5.20. The summed E-state index contributed by atoms with van der Waals surface area (Å²) < 4.78 is 5.80. The third kappa shape index (κ3) is 3.54. The SMILES string of the molecule is CC(C)(Oc1ccc(Cl)cc1)C(=O)N=C1C=CC2C(=C1)NC(=O)C1=C2CCC1. The number of hydrogen-bond donors (Lipinski definition) is 1. The smallest absolute Gasteiger partial charge is 0.289 e. The van der Waals surface area contributed by atoms with Crippen molar-refractivity contribution in [3.8, 4) is 5.75 Å². The number of amides is 2. The van der Waals surface area contributed by atoms with Gasteiger partial charge in [0.2, 0.25) is 0 Å². The van der Waals surface area contributed by atoms with Gasteiger partial charge in [0.25, 0.3) is 11.8 Å². The van der Waals surface area contributed by atoms with E-state index in [4.69, 9.17) is 16.3 Å². The summed E-state index contributed by atoms with van der Waals surface area (Å²) in [7, 11) is 0. The average molecular weight is 397 g/mol. The Bertz CT molecular complexity index is 968. The highest BCUT2D eigenvalue weighted by Crippen LogP contribution is 2.39. The molecule has 2 amide bonds. The van der Waals surface area contributed by atoms with E-state index in [-0.39, 0.29) is 11.8 Å². The molecule has 1 heterocycles. The minimum absolute atomic E-state index is 0.0256. The van der Waals surface area contributed by atoms with Crippen LogP contribution in [-0.2, 0) is 9.59 Å². The van der Waals surface area contributed by atoms with E-state index in [1.807, 2.05) is 12.2 Å². The highest BCUT2D eigenvalue weighted by molar-refractivity contribution is 6.30. The Hall–Kier alpha value is -2.66. The zero-order valence-electron chi connectivity index (χ0n) is 15.8. The van der Waals surface area contributed by atoms with E-state index in [9.17, 15) is 9.59 Å². The van der Waals surface area contributed by atoms with Crippen LogP contribution in [0.1, 0.15) is 33.1 Å². The van der Waals surface area contributed by atoms with Crippen molar-refractivity contribution in [2.45, 2.75) is 38.7 Å².